The van der Waals surface area contributed by atoms with E-state index in [1.165, 1.54) is 11.1 Å². The summed E-state index contributed by atoms with van der Waals surface area (Å²) in [5, 5.41) is 1.05. The maximum absolute atomic E-state index is 6.02. The average Bonchev–Trinajstić information content (AvgIpc) is 2.72. The summed E-state index contributed by atoms with van der Waals surface area (Å²) in [6.45, 7) is 4.16. The highest BCUT2D eigenvalue weighted by Crippen LogP contribution is 2.29. The number of hydrogen-bond donors (Lipinski definition) is 1. The topological polar surface area (TPSA) is 28.7 Å². The van der Waals surface area contributed by atoms with E-state index in [4.69, 9.17) is 23.2 Å². The van der Waals surface area contributed by atoms with Gasteiger partial charge in [-0.05, 0) is 31.5 Å². The fourth-order valence-electron chi connectivity index (χ4n) is 2.21. The molecule has 0 bridgehead atoms. The Balaban J connectivity index is 2.20. The van der Waals surface area contributed by atoms with Gasteiger partial charge >= 0.3 is 0 Å². The van der Waals surface area contributed by atoms with Crippen molar-refractivity contribution in [3.05, 3.63) is 51.5 Å². The second-order valence-electron chi connectivity index (χ2n) is 4.69. The third kappa shape index (κ3) is 2.22. The summed E-state index contributed by atoms with van der Waals surface area (Å²) in [5.41, 5.74) is 5.24. The minimum absolute atomic E-state index is 0.521. The second kappa shape index (κ2) is 4.55. The highest BCUT2D eigenvalue weighted by atomic mass is 35.5. The molecular weight excluding hydrogens is 279 g/mol. The molecule has 1 heterocycles. The highest BCUT2D eigenvalue weighted by molar-refractivity contribution is 6.42. The second-order valence-corrected chi connectivity index (χ2v) is 5.50. The van der Waals surface area contributed by atoms with Crippen molar-refractivity contribution in [3.63, 3.8) is 0 Å². The number of imidazole rings is 1. The van der Waals surface area contributed by atoms with Gasteiger partial charge in [-0.15, -0.1) is 0 Å². The number of hydrogen-bond acceptors (Lipinski definition) is 1. The summed E-state index contributed by atoms with van der Waals surface area (Å²) in [7, 11) is 0. The molecule has 0 aliphatic heterocycles. The number of nitrogens with one attached hydrogen (secondary N) is 1. The summed E-state index contributed by atoms with van der Waals surface area (Å²) in [5.74, 6) is 0.839. The minimum atomic E-state index is 0.521. The third-order valence-corrected chi connectivity index (χ3v) is 3.88. The monoisotopic (exact) mass is 290 g/mol. The molecule has 0 amide bonds. The van der Waals surface area contributed by atoms with Crippen molar-refractivity contribution in [3.8, 4) is 11.4 Å². The maximum Gasteiger partial charge on any atom is 0.138 e. The van der Waals surface area contributed by atoms with Crippen molar-refractivity contribution < 1.29 is 0 Å². The van der Waals surface area contributed by atoms with E-state index in [0.29, 0.717) is 10.0 Å². The van der Waals surface area contributed by atoms with E-state index in [1.54, 1.807) is 12.1 Å². The normalized spacial score (nSPS) is 11.2. The number of H-pyrrole nitrogens is 1. The predicted octanol–water partition coefficient (Wildman–Crippen LogP) is 5.15. The first-order valence-electron chi connectivity index (χ1n) is 5.97. The molecule has 1 aromatic heterocycles. The number of benzene rings is 2. The Bertz CT molecular complexity index is 736. The number of nitrogens with zero attached hydrogens (tertiary/aromatic N) is 1. The molecule has 0 atom stereocenters. The lowest BCUT2D eigenvalue weighted by atomic mass is 10.1. The largest absolute Gasteiger partial charge is 0.338 e. The fraction of sp³-hybridized carbons (Fsp3) is 0.133. The summed E-state index contributed by atoms with van der Waals surface area (Å²) >= 11 is 12.0. The van der Waals surface area contributed by atoms with Crippen LogP contribution in [0.3, 0.4) is 0 Å². The zero-order valence-electron chi connectivity index (χ0n) is 10.6. The number of fused-ring (bicyclic) bond motifs is 1. The first kappa shape index (κ1) is 12.5. The van der Waals surface area contributed by atoms with E-state index in [9.17, 15) is 0 Å². The van der Waals surface area contributed by atoms with E-state index < -0.39 is 0 Å². The average molecular weight is 291 g/mol. The number of aryl methyl sites for hydroxylation is 2. The van der Waals surface area contributed by atoms with Gasteiger partial charge in [0.2, 0.25) is 0 Å². The molecule has 0 saturated carbocycles. The molecule has 4 heteroatoms. The van der Waals surface area contributed by atoms with Gasteiger partial charge in [0.1, 0.15) is 5.82 Å². The van der Waals surface area contributed by atoms with Crippen LogP contribution in [0.5, 0.6) is 0 Å². The van der Waals surface area contributed by atoms with Crippen molar-refractivity contribution in [2.75, 3.05) is 0 Å². The number of halogens is 2. The fourth-order valence-corrected chi connectivity index (χ4v) is 2.53. The zero-order valence-corrected chi connectivity index (χ0v) is 12.1. The van der Waals surface area contributed by atoms with Gasteiger partial charge < -0.3 is 4.98 Å². The van der Waals surface area contributed by atoms with Crippen molar-refractivity contribution in [1.29, 1.82) is 0 Å². The first-order chi connectivity index (χ1) is 9.04. The van der Waals surface area contributed by atoms with Crippen LogP contribution in [0.15, 0.2) is 30.3 Å². The molecule has 0 aliphatic rings. The van der Waals surface area contributed by atoms with Gasteiger partial charge in [-0.2, -0.15) is 0 Å². The molecule has 0 fully saturated rings. The number of aromatic nitrogens is 2. The molecule has 19 heavy (non-hydrogen) atoms. The molecule has 2 nitrogen and oxygen atoms in total. The summed E-state index contributed by atoms with van der Waals surface area (Å²) in [6, 6.07) is 9.88. The maximum atomic E-state index is 6.02. The van der Waals surface area contributed by atoms with Crippen molar-refractivity contribution in [1.82, 2.24) is 9.97 Å². The SMILES string of the molecule is Cc1ccc(-c2nc3cc(Cl)c(Cl)cc3[nH]2)c(C)c1. The quantitative estimate of drug-likeness (QED) is 0.659. The van der Waals surface area contributed by atoms with E-state index in [1.807, 2.05) is 0 Å². The molecule has 0 saturated heterocycles. The van der Waals surface area contributed by atoms with Crippen LogP contribution in [0.1, 0.15) is 11.1 Å². The lowest BCUT2D eigenvalue weighted by Crippen LogP contribution is -1.86. The standard InChI is InChI=1S/C15H12Cl2N2/c1-8-3-4-10(9(2)5-8)15-18-13-6-11(16)12(17)7-14(13)19-15/h3-7H,1-2H3,(H,18,19). The molecule has 0 unspecified atom stereocenters. The molecule has 96 valence electrons. The molecule has 0 spiro atoms. The number of rotatable bonds is 1. The van der Waals surface area contributed by atoms with Gasteiger partial charge in [-0.3, -0.25) is 0 Å². The van der Waals surface area contributed by atoms with Gasteiger partial charge in [0.25, 0.3) is 0 Å². The lowest BCUT2D eigenvalue weighted by Gasteiger charge is -2.03. The smallest absolute Gasteiger partial charge is 0.138 e. The summed E-state index contributed by atoms with van der Waals surface area (Å²) in [4.78, 5) is 7.86. The van der Waals surface area contributed by atoms with E-state index in [-0.39, 0.29) is 0 Å². The van der Waals surface area contributed by atoms with Crippen LogP contribution in [0.4, 0.5) is 0 Å². The molecule has 3 aromatic rings. The Morgan fingerprint density at radius 2 is 1.74 bits per heavy atom. The van der Waals surface area contributed by atoms with Crippen LogP contribution in [0, 0.1) is 13.8 Å². The lowest BCUT2D eigenvalue weighted by molar-refractivity contribution is 1.29. The van der Waals surface area contributed by atoms with Crippen LogP contribution in [0.2, 0.25) is 10.0 Å². The molecular formula is C15H12Cl2N2. The third-order valence-electron chi connectivity index (χ3n) is 3.16. The molecule has 2 aromatic carbocycles. The molecule has 1 N–H and O–H groups in total. The van der Waals surface area contributed by atoms with Gasteiger partial charge in [-0.1, -0.05) is 47.0 Å². The molecule has 3 rings (SSSR count). The van der Waals surface area contributed by atoms with Crippen LogP contribution >= 0.6 is 23.2 Å². The zero-order chi connectivity index (χ0) is 13.6. The minimum Gasteiger partial charge on any atom is -0.338 e. The Morgan fingerprint density at radius 3 is 2.47 bits per heavy atom. The van der Waals surface area contributed by atoms with Crippen molar-refractivity contribution >= 4 is 34.2 Å². The summed E-state index contributed by atoms with van der Waals surface area (Å²) < 4.78 is 0. The van der Waals surface area contributed by atoms with E-state index in [0.717, 1.165) is 22.4 Å². The van der Waals surface area contributed by atoms with Crippen LogP contribution in [-0.2, 0) is 0 Å². The Labute approximate surface area is 121 Å². The van der Waals surface area contributed by atoms with Crippen molar-refractivity contribution in [2.24, 2.45) is 0 Å². The first-order valence-corrected chi connectivity index (χ1v) is 6.72. The Kier molecular flexibility index (Phi) is 3.00. The van der Waals surface area contributed by atoms with Crippen LogP contribution in [0.25, 0.3) is 22.4 Å². The van der Waals surface area contributed by atoms with Crippen LogP contribution < -0.4 is 0 Å². The van der Waals surface area contributed by atoms with Gasteiger partial charge in [0, 0.05) is 5.56 Å². The molecule has 0 aliphatic carbocycles. The predicted molar refractivity (Wildman–Crippen MR) is 81.0 cm³/mol. The van der Waals surface area contributed by atoms with Gasteiger partial charge in [-0.25, -0.2) is 4.98 Å². The molecule has 0 radical (unpaired) electrons. The highest BCUT2D eigenvalue weighted by Gasteiger charge is 2.10. The van der Waals surface area contributed by atoms with Crippen LogP contribution in [-0.4, -0.2) is 9.97 Å². The van der Waals surface area contributed by atoms with Gasteiger partial charge in [0.15, 0.2) is 0 Å². The number of aromatic amines is 1. The van der Waals surface area contributed by atoms with Gasteiger partial charge in [0.05, 0.1) is 21.1 Å². The van der Waals surface area contributed by atoms with E-state index >= 15 is 0 Å². The Hall–Kier alpha value is -1.51. The Morgan fingerprint density at radius 1 is 1.00 bits per heavy atom. The summed E-state index contributed by atoms with van der Waals surface area (Å²) in [6.07, 6.45) is 0. The van der Waals surface area contributed by atoms with Crippen molar-refractivity contribution in [2.45, 2.75) is 13.8 Å². The van der Waals surface area contributed by atoms with E-state index in [2.05, 4.69) is 42.0 Å².